The molecule has 0 spiro atoms. The molecule has 0 aliphatic rings. The molecular formula is C27H43NO2. The van der Waals surface area contributed by atoms with E-state index in [1.165, 1.54) is 44.9 Å². The van der Waals surface area contributed by atoms with Crippen molar-refractivity contribution >= 4 is 11.6 Å². The highest BCUT2D eigenvalue weighted by atomic mass is 16.3. The first-order chi connectivity index (χ1) is 14.5. The maximum absolute atomic E-state index is 12.2. The summed E-state index contributed by atoms with van der Waals surface area (Å²) >= 11 is 0. The number of nitrogens with one attached hydrogen (secondary N) is 1. The number of amides is 1. The fourth-order valence-electron chi connectivity index (χ4n) is 3.51. The Morgan fingerprint density at radius 3 is 2.13 bits per heavy atom. The van der Waals surface area contributed by atoms with Gasteiger partial charge in [0.25, 0.3) is 0 Å². The Morgan fingerprint density at radius 1 is 0.867 bits per heavy atom. The summed E-state index contributed by atoms with van der Waals surface area (Å²) in [6, 6.07) is 1.85. The third kappa shape index (κ3) is 10.7. The van der Waals surface area contributed by atoms with E-state index < -0.39 is 0 Å². The van der Waals surface area contributed by atoms with Gasteiger partial charge in [-0.2, -0.15) is 0 Å². The Labute approximate surface area is 184 Å². The second-order valence-electron chi connectivity index (χ2n) is 8.37. The van der Waals surface area contributed by atoms with Crippen LogP contribution in [0.15, 0.2) is 30.4 Å². The van der Waals surface area contributed by atoms with Crippen molar-refractivity contribution in [2.45, 2.75) is 105 Å². The number of unbranched alkanes of at least 4 members (excludes halogenated alkanes) is 8. The second kappa shape index (κ2) is 15.8. The van der Waals surface area contributed by atoms with Crippen molar-refractivity contribution in [3.63, 3.8) is 0 Å². The number of anilines is 1. The lowest BCUT2D eigenvalue weighted by atomic mass is 10.0. The Kier molecular flexibility index (Phi) is 13.7. The van der Waals surface area contributed by atoms with Crippen molar-refractivity contribution in [2.75, 3.05) is 5.32 Å². The van der Waals surface area contributed by atoms with Gasteiger partial charge in [-0.05, 0) is 82.1 Å². The number of phenolic OH excluding ortho intramolecular Hbond substituents is 1. The lowest BCUT2D eigenvalue weighted by molar-refractivity contribution is -0.116. The molecular weight excluding hydrogens is 370 g/mol. The summed E-state index contributed by atoms with van der Waals surface area (Å²) in [4.78, 5) is 12.2. The average molecular weight is 414 g/mol. The summed E-state index contributed by atoms with van der Waals surface area (Å²) in [6.45, 7) is 7.92. The minimum absolute atomic E-state index is 0.0632. The Hall–Kier alpha value is -2.03. The highest BCUT2D eigenvalue weighted by molar-refractivity contribution is 5.92. The average Bonchev–Trinajstić information content (AvgIpc) is 2.73. The standard InChI is InChI=1S/C27H43NO2/c1-5-6-7-8-9-10-11-12-13-14-15-16-17-18-19-20-26(29)28-25-21-22(2)27(30)24(4)23(25)3/h9-10,12-13,21,30H,5-8,11,14-20H2,1-4H3,(H,28,29)/b10-9+,13-12+. The van der Waals surface area contributed by atoms with Crippen molar-refractivity contribution in [3.05, 3.63) is 47.1 Å². The van der Waals surface area contributed by atoms with Gasteiger partial charge in [-0.15, -0.1) is 0 Å². The molecule has 1 aromatic rings. The van der Waals surface area contributed by atoms with Crippen LogP contribution in [-0.4, -0.2) is 11.0 Å². The normalized spacial score (nSPS) is 11.6. The number of carbonyl (C=O) groups is 1. The van der Waals surface area contributed by atoms with Crippen LogP contribution in [-0.2, 0) is 4.79 Å². The molecule has 2 N–H and O–H groups in total. The van der Waals surface area contributed by atoms with Crippen LogP contribution in [0.2, 0.25) is 0 Å². The van der Waals surface area contributed by atoms with Gasteiger partial charge in [-0.3, -0.25) is 4.79 Å². The molecule has 0 atom stereocenters. The number of rotatable bonds is 15. The van der Waals surface area contributed by atoms with Gasteiger partial charge >= 0.3 is 0 Å². The van der Waals surface area contributed by atoms with Crippen molar-refractivity contribution in [3.8, 4) is 5.75 Å². The molecule has 30 heavy (non-hydrogen) atoms. The molecule has 0 unspecified atom stereocenters. The van der Waals surface area contributed by atoms with Gasteiger partial charge in [0.1, 0.15) is 5.75 Å². The van der Waals surface area contributed by atoms with Crippen molar-refractivity contribution in [1.29, 1.82) is 0 Å². The topological polar surface area (TPSA) is 49.3 Å². The van der Waals surface area contributed by atoms with Crippen LogP contribution in [0.5, 0.6) is 5.75 Å². The van der Waals surface area contributed by atoms with E-state index in [0.717, 1.165) is 48.1 Å². The number of benzene rings is 1. The molecule has 1 amide bonds. The zero-order chi connectivity index (χ0) is 22.2. The summed E-state index contributed by atoms with van der Waals surface area (Å²) in [5.74, 6) is 0.382. The highest BCUT2D eigenvalue weighted by Crippen LogP contribution is 2.30. The molecule has 0 saturated carbocycles. The van der Waals surface area contributed by atoms with E-state index in [1.807, 2.05) is 26.8 Å². The monoisotopic (exact) mass is 413 g/mol. The number of allylic oxidation sites excluding steroid dienone is 4. The van der Waals surface area contributed by atoms with Crippen molar-refractivity contribution < 1.29 is 9.90 Å². The fourth-order valence-corrected chi connectivity index (χ4v) is 3.51. The molecule has 1 rings (SSSR count). The van der Waals surface area contributed by atoms with E-state index in [9.17, 15) is 9.90 Å². The predicted molar refractivity (Wildman–Crippen MR) is 130 cm³/mol. The number of hydrogen-bond acceptors (Lipinski definition) is 2. The molecule has 168 valence electrons. The minimum atomic E-state index is 0.0632. The molecule has 3 nitrogen and oxygen atoms in total. The van der Waals surface area contributed by atoms with E-state index in [4.69, 9.17) is 0 Å². The molecule has 3 heteroatoms. The van der Waals surface area contributed by atoms with Crippen LogP contribution < -0.4 is 5.32 Å². The van der Waals surface area contributed by atoms with Gasteiger partial charge < -0.3 is 10.4 Å². The number of phenols is 1. The Bertz CT molecular complexity index is 689. The van der Waals surface area contributed by atoms with E-state index in [0.29, 0.717) is 12.2 Å². The molecule has 0 bridgehead atoms. The maximum Gasteiger partial charge on any atom is 0.224 e. The summed E-state index contributed by atoms with van der Waals surface area (Å²) in [6.07, 6.45) is 22.8. The number of carbonyl (C=O) groups excluding carboxylic acids is 1. The zero-order valence-corrected chi connectivity index (χ0v) is 19.7. The molecule has 0 radical (unpaired) electrons. The number of aryl methyl sites for hydroxylation is 1. The van der Waals surface area contributed by atoms with Crippen LogP contribution in [0.1, 0.15) is 101 Å². The fraction of sp³-hybridized carbons (Fsp3) is 0.593. The zero-order valence-electron chi connectivity index (χ0n) is 19.7. The lowest BCUT2D eigenvalue weighted by Crippen LogP contribution is -2.12. The molecule has 0 aliphatic heterocycles. The summed E-state index contributed by atoms with van der Waals surface area (Å²) in [5.41, 5.74) is 3.38. The summed E-state index contributed by atoms with van der Waals surface area (Å²) < 4.78 is 0. The number of aromatic hydroxyl groups is 1. The largest absolute Gasteiger partial charge is 0.507 e. The van der Waals surface area contributed by atoms with Gasteiger partial charge in [0.15, 0.2) is 0 Å². The predicted octanol–water partition coefficient (Wildman–Crippen LogP) is 8.07. The Morgan fingerprint density at radius 2 is 1.47 bits per heavy atom. The van der Waals surface area contributed by atoms with E-state index in [-0.39, 0.29) is 5.91 Å². The van der Waals surface area contributed by atoms with Crippen molar-refractivity contribution in [1.82, 2.24) is 0 Å². The van der Waals surface area contributed by atoms with Gasteiger partial charge in [-0.25, -0.2) is 0 Å². The minimum Gasteiger partial charge on any atom is -0.507 e. The quantitative estimate of drug-likeness (QED) is 0.173. The molecule has 0 fully saturated rings. The van der Waals surface area contributed by atoms with E-state index >= 15 is 0 Å². The SMILES string of the molecule is CCCCC/C=C/C/C=C/CCCCCCCC(=O)Nc1cc(C)c(O)c(C)c1C. The van der Waals surface area contributed by atoms with Gasteiger partial charge in [-0.1, -0.05) is 63.3 Å². The van der Waals surface area contributed by atoms with Crippen LogP contribution in [0.25, 0.3) is 0 Å². The first-order valence-electron chi connectivity index (χ1n) is 11.9. The molecule has 0 aromatic heterocycles. The molecule has 0 saturated heterocycles. The van der Waals surface area contributed by atoms with Crippen LogP contribution in [0, 0.1) is 20.8 Å². The summed E-state index contributed by atoms with van der Waals surface area (Å²) in [7, 11) is 0. The smallest absolute Gasteiger partial charge is 0.224 e. The Balaban J connectivity index is 2.07. The van der Waals surface area contributed by atoms with Crippen molar-refractivity contribution in [2.24, 2.45) is 0 Å². The van der Waals surface area contributed by atoms with Crippen LogP contribution >= 0.6 is 0 Å². The summed E-state index contributed by atoms with van der Waals surface area (Å²) in [5, 5.41) is 13.0. The van der Waals surface area contributed by atoms with Crippen LogP contribution in [0.3, 0.4) is 0 Å². The van der Waals surface area contributed by atoms with Gasteiger partial charge in [0.05, 0.1) is 0 Å². The third-order valence-electron chi connectivity index (χ3n) is 5.68. The van der Waals surface area contributed by atoms with Crippen LogP contribution in [0.4, 0.5) is 5.69 Å². The lowest BCUT2D eigenvalue weighted by Gasteiger charge is -2.14. The highest BCUT2D eigenvalue weighted by Gasteiger charge is 2.11. The molecule has 0 aliphatic carbocycles. The van der Waals surface area contributed by atoms with Gasteiger partial charge in [0, 0.05) is 12.1 Å². The van der Waals surface area contributed by atoms with E-state index in [1.54, 1.807) is 0 Å². The molecule has 1 aromatic carbocycles. The molecule has 0 heterocycles. The first-order valence-corrected chi connectivity index (χ1v) is 11.9. The number of hydrogen-bond donors (Lipinski definition) is 2. The van der Waals surface area contributed by atoms with E-state index in [2.05, 4.69) is 36.5 Å². The third-order valence-corrected chi connectivity index (χ3v) is 5.68. The first kappa shape index (κ1) is 26.0. The second-order valence-corrected chi connectivity index (χ2v) is 8.37. The maximum atomic E-state index is 12.2. The van der Waals surface area contributed by atoms with Gasteiger partial charge in [0.2, 0.25) is 5.91 Å².